The summed E-state index contributed by atoms with van der Waals surface area (Å²) in [5, 5.41) is 10.1. The van der Waals surface area contributed by atoms with Crippen molar-refractivity contribution in [3.8, 4) is 28.4 Å². The van der Waals surface area contributed by atoms with Crippen molar-refractivity contribution in [3.05, 3.63) is 41.5 Å². The van der Waals surface area contributed by atoms with E-state index in [4.69, 9.17) is 9.47 Å². The van der Waals surface area contributed by atoms with E-state index >= 15 is 0 Å². The average Bonchev–Trinajstić information content (AvgIpc) is 2.39. The summed E-state index contributed by atoms with van der Waals surface area (Å²) >= 11 is 0. The van der Waals surface area contributed by atoms with Crippen LogP contribution in [0.4, 0.5) is 0 Å². The summed E-state index contributed by atoms with van der Waals surface area (Å²) in [6.07, 6.45) is 0. The monoisotopic (exact) mass is 258 g/mol. The van der Waals surface area contributed by atoms with Gasteiger partial charge in [-0.2, -0.15) is 0 Å². The second kappa shape index (κ2) is 5.22. The molecule has 0 unspecified atom stereocenters. The van der Waals surface area contributed by atoms with E-state index < -0.39 is 0 Å². The molecule has 19 heavy (non-hydrogen) atoms. The number of methoxy groups -OCH3 is 2. The molecule has 0 aliphatic heterocycles. The molecular formula is C16H18O3. The first-order chi connectivity index (χ1) is 9.06. The molecule has 0 heterocycles. The molecule has 0 saturated carbocycles. The number of phenols is 1. The fourth-order valence-electron chi connectivity index (χ4n) is 2.28. The molecule has 2 aromatic rings. The Labute approximate surface area is 113 Å². The third kappa shape index (κ3) is 2.50. The predicted molar refractivity (Wildman–Crippen MR) is 76.1 cm³/mol. The minimum absolute atomic E-state index is 0.214. The lowest BCUT2D eigenvalue weighted by Crippen LogP contribution is -1.94. The lowest BCUT2D eigenvalue weighted by Gasteiger charge is -2.15. The Morgan fingerprint density at radius 3 is 2.32 bits per heavy atom. The quantitative estimate of drug-likeness (QED) is 0.912. The van der Waals surface area contributed by atoms with Crippen molar-refractivity contribution in [2.24, 2.45) is 0 Å². The number of hydrogen-bond acceptors (Lipinski definition) is 3. The van der Waals surface area contributed by atoms with Gasteiger partial charge in [-0.3, -0.25) is 0 Å². The predicted octanol–water partition coefficient (Wildman–Crippen LogP) is 3.69. The highest BCUT2D eigenvalue weighted by atomic mass is 16.5. The van der Waals surface area contributed by atoms with Crippen LogP contribution in [0.1, 0.15) is 11.1 Å². The van der Waals surface area contributed by atoms with Crippen molar-refractivity contribution >= 4 is 0 Å². The van der Waals surface area contributed by atoms with Crippen molar-refractivity contribution in [2.45, 2.75) is 13.8 Å². The maximum atomic E-state index is 10.1. The van der Waals surface area contributed by atoms with Crippen molar-refractivity contribution in [2.75, 3.05) is 14.2 Å². The van der Waals surface area contributed by atoms with Gasteiger partial charge in [-0.25, -0.2) is 0 Å². The highest BCUT2D eigenvalue weighted by Crippen LogP contribution is 2.40. The molecule has 0 saturated heterocycles. The van der Waals surface area contributed by atoms with Crippen LogP contribution < -0.4 is 9.47 Å². The SMILES string of the molecule is COc1ccc(O)c(-c2c(C)cc(C)cc2OC)c1. The second-order valence-electron chi connectivity index (χ2n) is 4.54. The Morgan fingerprint density at radius 2 is 1.68 bits per heavy atom. The molecule has 0 aliphatic carbocycles. The van der Waals surface area contributed by atoms with Crippen LogP contribution in [0.15, 0.2) is 30.3 Å². The molecule has 0 spiro atoms. The fourth-order valence-corrected chi connectivity index (χ4v) is 2.28. The van der Waals surface area contributed by atoms with Crippen LogP contribution in [0.2, 0.25) is 0 Å². The van der Waals surface area contributed by atoms with Gasteiger partial charge in [0.1, 0.15) is 17.2 Å². The van der Waals surface area contributed by atoms with Gasteiger partial charge >= 0.3 is 0 Å². The maximum Gasteiger partial charge on any atom is 0.127 e. The second-order valence-corrected chi connectivity index (χ2v) is 4.54. The number of rotatable bonds is 3. The Balaban J connectivity index is 2.70. The number of hydrogen-bond donors (Lipinski definition) is 1. The van der Waals surface area contributed by atoms with E-state index in [0.717, 1.165) is 22.4 Å². The number of aryl methyl sites for hydroxylation is 2. The van der Waals surface area contributed by atoms with E-state index in [0.29, 0.717) is 11.3 Å². The van der Waals surface area contributed by atoms with E-state index in [9.17, 15) is 5.11 Å². The van der Waals surface area contributed by atoms with Crippen LogP contribution in [0.25, 0.3) is 11.1 Å². The Hall–Kier alpha value is -2.16. The first-order valence-corrected chi connectivity index (χ1v) is 6.09. The summed E-state index contributed by atoms with van der Waals surface area (Å²) in [6, 6.07) is 9.20. The van der Waals surface area contributed by atoms with Crippen LogP contribution in [0.5, 0.6) is 17.2 Å². The Bertz CT molecular complexity index is 603. The Morgan fingerprint density at radius 1 is 0.947 bits per heavy atom. The minimum Gasteiger partial charge on any atom is -0.507 e. The highest BCUT2D eigenvalue weighted by Gasteiger charge is 2.14. The van der Waals surface area contributed by atoms with E-state index in [1.807, 2.05) is 26.0 Å². The van der Waals surface area contributed by atoms with Gasteiger partial charge in [-0.05, 0) is 49.2 Å². The lowest BCUT2D eigenvalue weighted by atomic mass is 9.96. The van der Waals surface area contributed by atoms with Crippen LogP contribution in [0.3, 0.4) is 0 Å². The summed E-state index contributed by atoms with van der Waals surface area (Å²) < 4.78 is 10.7. The number of phenolic OH excluding ortho intramolecular Hbond substituents is 1. The molecule has 0 atom stereocenters. The molecule has 3 heteroatoms. The summed E-state index contributed by atoms with van der Waals surface area (Å²) in [6.45, 7) is 4.02. The lowest BCUT2D eigenvalue weighted by molar-refractivity contribution is 0.410. The van der Waals surface area contributed by atoms with E-state index in [1.54, 1.807) is 26.4 Å². The molecule has 0 aliphatic rings. The zero-order chi connectivity index (χ0) is 14.0. The van der Waals surface area contributed by atoms with Crippen LogP contribution in [-0.2, 0) is 0 Å². The van der Waals surface area contributed by atoms with Crippen LogP contribution >= 0.6 is 0 Å². The summed E-state index contributed by atoms with van der Waals surface area (Å²) in [4.78, 5) is 0. The molecule has 0 bridgehead atoms. The first-order valence-electron chi connectivity index (χ1n) is 6.09. The van der Waals surface area contributed by atoms with Gasteiger partial charge in [0.05, 0.1) is 14.2 Å². The summed E-state index contributed by atoms with van der Waals surface area (Å²) in [5.74, 6) is 1.67. The standard InChI is InChI=1S/C16H18O3/c1-10-7-11(2)16(15(8-10)19-4)13-9-12(18-3)5-6-14(13)17/h5-9,17H,1-4H3. The topological polar surface area (TPSA) is 38.7 Å². The highest BCUT2D eigenvalue weighted by molar-refractivity contribution is 5.79. The molecule has 3 nitrogen and oxygen atoms in total. The molecule has 0 aromatic heterocycles. The first kappa shape index (κ1) is 13.3. The zero-order valence-corrected chi connectivity index (χ0v) is 11.7. The molecule has 0 amide bonds. The van der Waals surface area contributed by atoms with Crippen molar-refractivity contribution < 1.29 is 14.6 Å². The van der Waals surface area contributed by atoms with Crippen molar-refractivity contribution in [1.29, 1.82) is 0 Å². The van der Waals surface area contributed by atoms with Gasteiger partial charge in [0.25, 0.3) is 0 Å². The maximum absolute atomic E-state index is 10.1. The third-order valence-electron chi connectivity index (χ3n) is 3.14. The minimum atomic E-state index is 0.214. The largest absolute Gasteiger partial charge is 0.507 e. The molecule has 2 aromatic carbocycles. The number of aromatic hydroxyl groups is 1. The number of benzene rings is 2. The number of ether oxygens (including phenoxy) is 2. The molecule has 0 radical (unpaired) electrons. The molecule has 2 rings (SSSR count). The summed E-state index contributed by atoms with van der Waals surface area (Å²) in [5.41, 5.74) is 3.79. The summed E-state index contributed by atoms with van der Waals surface area (Å²) in [7, 11) is 3.24. The van der Waals surface area contributed by atoms with E-state index in [2.05, 4.69) is 6.07 Å². The van der Waals surface area contributed by atoms with Gasteiger partial charge in [0.2, 0.25) is 0 Å². The molecule has 0 fully saturated rings. The average molecular weight is 258 g/mol. The molecular weight excluding hydrogens is 240 g/mol. The third-order valence-corrected chi connectivity index (χ3v) is 3.14. The normalized spacial score (nSPS) is 10.3. The van der Waals surface area contributed by atoms with Gasteiger partial charge in [0, 0.05) is 11.1 Å². The van der Waals surface area contributed by atoms with Crippen LogP contribution in [0, 0.1) is 13.8 Å². The Kier molecular flexibility index (Phi) is 3.65. The van der Waals surface area contributed by atoms with Gasteiger partial charge in [-0.15, -0.1) is 0 Å². The van der Waals surface area contributed by atoms with Crippen LogP contribution in [-0.4, -0.2) is 19.3 Å². The smallest absolute Gasteiger partial charge is 0.127 e. The van der Waals surface area contributed by atoms with Gasteiger partial charge in [-0.1, -0.05) is 6.07 Å². The molecule has 100 valence electrons. The van der Waals surface area contributed by atoms with Crippen molar-refractivity contribution in [1.82, 2.24) is 0 Å². The van der Waals surface area contributed by atoms with E-state index in [1.165, 1.54) is 0 Å². The van der Waals surface area contributed by atoms with E-state index in [-0.39, 0.29) is 5.75 Å². The van der Waals surface area contributed by atoms with Gasteiger partial charge < -0.3 is 14.6 Å². The molecule has 1 N–H and O–H groups in total. The zero-order valence-electron chi connectivity index (χ0n) is 11.7. The van der Waals surface area contributed by atoms with Crippen molar-refractivity contribution in [3.63, 3.8) is 0 Å². The fraction of sp³-hybridized carbons (Fsp3) is 0.250. The van der Waals surface area contributed by atoms with Gasteiger partial charge in [0.15, 0.2) is 0 Å².